The second-order valence-electron chi connectivity index (χ2n) is 5.62. The highest BCUT2D eigenvalue weighted by Crippen LogP contribution is 2.22. The van der Waals surface area contributed by atoms with Gasteiger partial charge in [-0.05, 0) is 36.1 Å². The zero-order valence-electron chi connectivity index (χ0n) is 13.8. The van der Waals surface area contributed by atoms with Gasteiger partial charge in [-0.3, -0.25) is 4.79 Å². The fourth-order valence-corrected chi connectivity index (χ4v) is 2.76. The van der Waals surface area contributed by atoms with E-state index in [-0.39, 0.29) is 12.5 Å². The quantitative estimate of drug-likeness (QED) is 0.491. The summed E-state index contributed by atoms with van der Waals surface area (Å²) in [6.07, 6.45) is 0. The van der Waals surface area contributed by atoms with Crippen molar-refractivity contribution in [2.75, 3.05) is 11.9 Å². The molecule has 0 aliphatic rings. The van der Waals surface area contributed by atoms with Gasteiger partial charge in [-0.25, -0.2) is 5.43 Å². The smallest absolute Gasteiger partial charge is 0.259 e. The first-order valence-corrected chi connectivity index (χ1v) is 8.73. The van der Waals surface area contributed by atoms with E-state index in [4.69, 9.17) is 0 Å². The maximum atomic E-state index is 12.1. The Hall–Kier alpha value is -2.66. The van der Waals surface area contributed by atoms with E-state index >= 15 is 0 Å². The van der Waals surface area contributed by atoms with E-state index in [0.717, 1.165) is 32.2 Å². The fourth-order valence-electron chi connectivity index (χ4n) is 2.50. The number of hydrazone groups is 1. The first-order chi connectivity index (χ1) is 12.1. The van der Waals surface area contributed by atoms with E-state index in [0.29, 0.717) is 0 Å². The van der Waals surface area contributed by atoms with Crippen LogP contribution in [0.1, 0.15) is 12.5 Å². The molecule has 0 fully saturated rings. The predicted octanol–water partition coefficient (Wildman–Crippen LogP) is 4.55. The van der Waals surface area contributed by atoms with E-state index < -0.39 is 0 Å². The average Bonchev–Trinajstić information content (AvgIpc) is 2.65. The number of rotatable bonds is 5. The topological polar surface area (TPSA) is 53.5 Å². The van der Waals surface area contributed by atoms with Crippen molar-refractivity contribution in [1.29, 1.82) is 0 Å². The van der Waals surface area contributed by atoms with Crippen LogP contribution >= 0.6 is 15.9 Å². The highest BCUT2D eigenvalue weighted by atomic mass is 79.9. The van der Waals surface area contributed by atoms with Gasteiger partial charge in [0, 0.05) is 15.5 Å². The summed E-state index contributed by atoms with van der Waals surface area (Å²) in [7, 11) is 0. The van der Waals surface area contributed by atoms with Gasteiger partial charge in [0.25, 0.3) is 5.91 Å². The van der Waals surface area contributed by atoms with Crippen molar-refractivity contribution in [2.24, 2.45) is 5.10 Å². The van der Waals surface area contributed by atoms with Crippen LogP contribution in [0.25, 0.3) is 10.8 Å². The number of carbonyl (C=O) groups excluding carboxylic acids is 1. The van der Waals surface area contributed by atoms with Crippen LogP contribution < -0.4 is 10.7 Å². The molecule has 4 nitrogen and oxygen atoms in total. The summed E-state index contributed by atoms with van der Waals surface area (Å²) >= 11 is 3.40. The Bertz CT molecular complexity index is 914. The van der Waals surface area contributed by atoms with Crippen LogP contribution in [-0.4, -0.2) is 18.2 Å². The number of halogens is 1. The van der Waals surface area contributed by atoms with E-state index in [1.165, 1.54) is 0 Å². The number of amides is 1. The molecule has 0 atom stereocenters. The predicted molar refractivity (Wildman–Crippen MR) is 107 cm³/mol. The summed E-state index contributed by atoms with van der Waals surface area (Å²) < 4.78 is 1.01. The van der Waals surface area contributed by atoms with Crippen molar-refractivity contribution < 1.29 is 4.79 Å². The Morgan fingerprint density at radius 3 is 2.52 bits per heavy atom. The fraction of sp³-hybridized carbons (Fsp3) is 0.100. The van der Waals surface area contributed by atoms with E-state index in [1.54, 1.807) is 0 Å². The third-order valence-corrected chi connectivity index (χ3v) is 4.37. The molecule has 3 aromatic carbocycles. The Morgan fingerprint density at radius 2 is 1.72 bits per heavy atom. The van der Waals surface area contributed by atoms with E-state index in [2.05, 4.69) is 31.8 Å². The summed E-state index contributed by atoms with van der Waals surface area (Å²) in [4.78, 5) is 12.1. The molecule has 1 amide bonds. The van der Waals surface area contributed by atoms with Crippen molar-refractivity contribution in [2.45, 2.75) is 6.92 Å². The van der Waals surface area contributed by atoms with Crippen molar-refractivity contribution >= 4 is 44.0 Å². The number of benzene rings is 3. The summed E-state index contributed by atoms with van der Waals surface area (Å²) in [5, 5.41) is 9.56. The molecule has 126 valence electrons. The van der Waals surface area contributed by atoms with Gasteiger partial charge in [0.2, 0.25) is 0 Å². The summed E-state index contributed by atoms with van der Waals surface area (Å²) in [5.41, 5.74) is 5.24. The Labute approximate surface area is 155 Å². The molecule has 3 aromatic rings. The largest absolute Gasteiger partial charge is 0.376 e. The van der Waals surface area contributed by atoms with E-state index in [9.17, 15) is 4.79 Å². The Balaban J connectivity index is 1.61. The Morgan fingerprint density at radius 1 is 1.00 bits per heavy atom. The molecular formula is C20H18BrN3O. The highest BCUT2D eigenvalue weighted by Gasteiger charge is 2.04. The summed E-state index contributed by atoms with van der Waals surface area (Å²) in [6, 6.07) is 21.8. The molecular weight excluding hydrogens is 378 g/mol. The molecule has 0 aliphatic carbocycles. The first-order valence-electron chi connectivity index (χ1n) is 7.94. The molecule has 0 saturated heterocycles. The summed E-state index contributed by atoms with van der Waals surface area (Å²) in [6.45, 7) is 2.02. The number of hydrogen-bond donors (Lipinski definition) is 2. The minimum Gasteiger partial charge on any atom is -0.376 e. The van der Waals surface area contributed by atoms with Crippen LogP contribution in [0.2, 0.25) is 0 Å². The zero-order chi connectivity index (χ0) is 17.6. The second-order valence-corrected chi connectivity index (χ2v) is 6.54. The molecule has 0 unspecified atom stereocenters. The second kappa shape index (κ2) is 7.94. The molecule has 25 heavy (non-hydrogen) atoms. The van der Waals surface area contributed by atoms with Gasteiger partial charge >= 0.3 is 0 Å². The standard InChI is InChI=1S/C20H18BrN3O/c1-14(15-9-11-17(21)12-10-15)23-24-20(25)13-22-19-8-4-6-16-5-2-3-7-18(16)19/h2-12,22H,13H2,1H3,(H,24,25)/b23-14+. The molecule has 5 heteroatoms. The number of nitrogens with zero attached hydrogens (tertiary/aromatic N) is 1. The minimum atomic E-state index is -0.190. The van der Waals surface area contributed by atoms with Gasteiger partial charge in [0.05, 0.1) is 12.3 Å². The van der Waals surface area contributed by atoms with Crippen molar-refractivity contribution in [3.8, 4) is 0 Å². The van der Waals surface area contributed by atoms with Crippen molar-refractivity contribution in [3.63, 3.8) is 0 Å². The third-order valence-electron chi connectivity index (χ3n) is 3.84. The number of anilines is 1. The van der Waals surface area contributed by atoms with Gasteiger partial charge in [-0.2, -0.15) is 5.10 Å². The lowest BCUT2D eigenvalue weighted by Crippen LogP contribution is -2.26. The van der Waals surface area contributed by atoms with Crippen LogP contribution in [0, 0.1) is 0 Å². The molecule has 0 heterocycles. The normalized spacial score (nSPS) is 11.4. The van der Waals surface area contributed by atoms with Crippen LogP contribution in [0.15, 0.2) is 76.3 Å². The molecule has 2 N–H and O–H groups in total. The maximum Gasteiger partial charge on any atom is 0.259 e. The monoisotopic (exact) mass is 395 g/mol. The highest BCUT2D eigenvalue weighted by molar-refractivity contribution is 9.10. The van der Waals surface area contributed by atoms with Gasteiger partial charge in [0.1, 0.15) is 0 Å². The molecule has 0 aliphatic heterocycles. The van der Waals surface area contributed by atoms with Gasteiger partial charge < -0.3 is 5.32 Å². The zero-order valence-corrected chi connectivity index (χ0v) is 15.4. The lowest BCUT2D eigenvalue weighted by atomic mass is 10.1. The van der Waals surface area contributed by atoms with Crippen molar-refractivity contribution in [3.05, 3.63) is 76.8 Å². The number of carbonyl (C=O) groups is 1. The van der Waals surface area contributed by atoms with E-state index in [1.807, 2.05) is 73.7 Å². The molecule has 0 aromatic heterocycles. The van der Waals surface area contributed by atoms with Crippen LogP contribution in [0.5, 0.6) is 0 Å². The van der Waals surface area contributed by atoms with Gasteiger partial charge in [-0.1, -0.05) is 64.5 Å². The number of fused-ring (bicyclic) bond motifs is 1. The van der Waals surface area contributed by atoms with Crippen LogP contribution in [0.3, 0.4) is 0 Å². The third kappa shape index (κ3) is 4.45. The molecule has 0 radical (unpaired) electrons. The molecule has 0 saturated carbocycles. The Kier molecular flexibility index (Phi) is 5.46. The first kappa shape index (κ1) is 17.2. The number of hydrogen-bond acceptors (Lipinski definition) is 3. The average molecular weight is 396 g/mol. The minimum absolute atomic E-state index is 0.158. The molecule has 0 spiro atoms. The van der Waals surface area contributed by atoms with Crippen LogP contribution in [0.4, 0.5) is 5.69 Å². The van der Waals surface area contributed by atoms with Crippen LogP contribution in [-0.2, 0) is 4.79 Å². The van der Waals surface area contributed by atoms with Gasteiger partial charge in [0.15, 0.2) is 0 Å². The summed E-state index contributed by atoms with van der Waals surface area (Å²) in [5.74, 6) is -0.190. The number of nitrogens with one attached hydrogen (secondary N) is 2. The molecule has 3 rings (SSSR count). The molecule has 0 bridgehead atoms. The van der Waals surface area contributed by atoms with Gasteiger partial charge in [-0.15, -0.1) is 0 Å². The lowest BCUT2D eigenvalue weighted by molar-refractivity contribution is -0.119. The SMILES string of the molecule is C/C(=N\NC(=O)CNc1cccc2ccccc12)c1ccc(Br)cc1. The lowest BCUT2D eigenvalue weighted by Gasteiger charge is -2.09. The van der Waals surface area contributed by atoms with Crippen molar-refractivity contribution in [1.82, 2.24) is 5.43 Å². The maximum absolute atomic E-state index is 12.1.